The number of carboxylic acid groups (broad SMARTS) is 1. The maximum absolute atomic E-state index is 13.0. The minimum absolute atomic E-state index is 0.0362. The predicted octanol–water partition coefficient (Wildman–Crippen LogP) is 6.57. The molecule has 0 radical (unpaired) electrons. The fraction of sp³-hybridized carbons (Fsp3) is 0.242. The Balaban J connectivity index is 1.36. The number of carbonyl (C=O) groups excluding carboxylic acids is 1. The van der Waals surface area contributed by atoms with E-state index in [0.717, 1.165) is 44.3 Å². The van der Waals surface area contributed by atoms with E-state index in [0.29, 0.717) is 22.5 Å². The maximum atomic E-state index is 13.0. The standard InChI is InChI=1S/C33H31NO6S/c1-19-24(14-15-28(35)34-27(32(36)37)18-41-17-22-10-6-4-7-11-22)33(38)40-30-20(2)31-26(16-25(19)30)29(21(3)39-31)23-12-8-5-9-13-23/h4-13,16,27H,14-15,17-18H2,1-3H3,(H,34,35)(H,36,37)/t27-/m1/s1. The SMILES string of the molecule is Cc1oc2c(C)c3oc(=O)c(CCC(=O)N[C@H](CSCc4ccccc4)C(=O)O)c(C)c3cc2c1-c1ccccc1. The van der Waals surface area contributed by atoms with Crippen molar-refractivity contribution < 1.29 is 23.5 Å². The molecule has 0 saturated carbocycles. The van der Waals surface area contributed by atoms with Crippen LogP contribution >= 0.6 is 11.8 Å². The van der Waals surface area contributed by atoms with Crippen molar-refractivity contribution >= 4 is 45.6 Å². The summed E-state index contributed by atoms with van der Waals surface area (Å²) < 4.78 is 11.9. The number of aliphatic carboxylic acids is 1. The van der Waals surface area contributed by atoms with Gasteiger partial charge in [-0.25, -0.2) is 9.59 Å². The van der Waals surface area contributed by atoms with Gasteiger partial charge in [-0.2, -0.15) is 11.8 Å². The lowest BCUT2D eigenvalue weighted by Gasteiger charge is -2.15. The first kappa shape index (κ1) is 28.2. The van der Waals surface area contributed by atoms with E-state index < -0.39 is 23.5 Å². The second-order valence-corrected chi connectivity index (χ2v) is 11.1. The van der Waals surface area contributed by atoms with Gasteiger partial charge in [0.15, 0.2) is 0 Å². The van der Waals surface area contributed by atoms with E-state index in [1.165, 1.54) is 11.8 Å². The van der Waals surface area contributed by atoms with Crippen molar-refractivity contribution in [3.8, 4) is 11.1 Å². The number of carboxylic acids is 1. The molecular weight excluding hydrogens is 538 g/mol. The largest absolute Gasteiger partial charge is 0.480 e. The average Bonchev–Trinajstić information content (AvgIpc) is 3.30. The minimum Gasteiger partial charge on any atom is -0.480 e. The van der Waals surface area contributed by atoms with Crippen LogP contribution in [0.5, 0.6) is 0 Å². The van der Waals surface area contributed by atoms with Crippen molar-refractivity contribution in [2.24, 2.45) is 0 Å². The molecule has 41 heavy (non-hydrogen) atoms. The first-order chi connectivity index (χ1) is 19.7. The molecule has 0 spiro atoms. The van der Waals surface area contributed by atoms with Gasteiger partial charge < -0.3 is 19.3 Å². The van der Waals surface area contributed by atoms with Gasteiger partial charge in [0, 0.05) is 45.4 Å². The molecule has 2 N–H and O–H groups in total. The molecule has 210 valence electrons. The molecule has 3 aromatic carbocycles. The number of furan rings is 1. The molecule has 1 amide bonds. The van der Waals surface area contributed by atoms with Gasteiger partial charge in [-0.3, -0.25) is 4.79 Å². The van der Waals surface area contributed by atoms with Crippen LogP contribution in [0.4, 0.5) is 0 Å². The molecule has 0 bridgehead atoms. The Morgan fingerprint density at radius 3 is 2.24 bits per heavy atom. The first-order valence-corrected chi connectivity index (χ1v) is 14.6. The zero-order valence-corrected chi connectivity index (χ0v) is 24.0. The van der Waals surface area contributed by atoms with Crippen molar-refractivity contribution in [1.82, 2.24) is 5.32 Å². The van der Waals surface area contributed by atoms with Crippen molar-refractivity contribution in [3.05, 3.63) is 105 Å². The number of rotatable bonds is 10. The van der Waals surface area contributed by atoms with Gasteiger partial charge in [0.05, 0.1) is 0 Å². The highest BCUT2D eigenvalue weighted by Gasteiger charge is 2.23. The van der Waals surface area contributed by atoms with Gasteiger partial charge in [-0.05, 0) is 49.9 Å². The highest BCUT2D eigenvalue weighted by atomic mass is 32.2. The summed E-state index contributed by atoms with van der Waals surface area (Å²) in [5, 5.41) is 13.9. The van der Waals surface area contributed by atoms with E-state index in [4.69, 9.17) is 8.83 Å². The van der Waals surface area contributed by atoms with Crippen LogP contribution in [-0.4, -0.2) is 28.8 Å². The molecule has 0 unspecified atom stereocenters. The van der Waals surface area contributed by atoms with Crippen LogP contribution in [0.25, 0.3) is 33.1 Å². The Morgan fingerprint density at radius 2 is 1.56 bits per heavy atom. The lowest BCUT2D eigenvalue weighted by molar-refractivity contribution is -0.141. The summed E-state index contributed by atoms with van der Waals surface area (Å²) in [5.41, 5.74) is 5.61. The lowest BCUT2D eigenvalue weighted by atomic mass is 9.96. The van der Waals surface area contributed by atoms with Crippen LogP contribution in [0, 0.1) is 20.8 Å². The van der Waals surface area contributed by atoms with Gasteiger partial charge in [-0.1, -0.05) is 60.7 Å². The Kier molecular flexibility index (Phi) is 8.31. The third-order valence-corrected chi connectivity index (χ3v) is 8.43. The molecule has 8 heteroatoms. The van der Waals surface area contributed by atoms with Gasteiger partial charge in [-0.15, -0.1) is 0 Å². The summed E-state index contributed by atoms with van der Waals surface area (Å²) in [4.78, 5) is 37.6. The van der Waals surface area contributed by atoms with Gasteiger partial charge in [0.25, 0.3) is 0 Å². The third-order valence-electron chi connectivity index (χ3n) is 7.33. The van der Waals surface area contributed by atoms with Crippen LogP contribution < -0.4 is 10.9 Å². The fourth-order valence-electron chi connectivity index (χ4n) is 5.18. The molecule has 0 aliphatic heterocycles. The molecular formula is C33H31NO6S. The molecule has 5 aromatic rings. The quantitative estimate of drug-likeness (QED) is 0.183. The zero-order chi connectivity index (χ0) is 29.1. The maximum Gasteiger partial charge on any atom is 0.339 e. The molecule has 0 aliphatic carbocycles. The van der Waals surface area contributed by atoms with Gasteiger partial charge >= 0.3 is 11.6 Å². The number of thioether (sulfide) groups is 1. The second kappa shape index (κ2) is 12.1. The van der Waals surface area contributed by atoms with E-state index in [9.17, 15) is 19.5 Å². The third kappa shape index (κ3) is 5.93. The highest BCUT2D eigenvalue weighted by molar-refractivity contribution is 7.98. The Hall–Kier alpha value is -4.30. The molecule has 5 rings (SSSR count). The second-order valence-electron chi connectivity index (χ2n) is 10.1. The number of hydrogen-bond acceptors (Lipinski definition) is 6. The minimum atomic E-state index is -1.09. The van der Waals surface area contributed by atoms with E-state index in [-0.39, 0.29) is 18.6 Å². The summed E-state index contributed by atoms with van der Waals surface area (Å²) >= 11 is 1.44. The molecule has 1 atom stereocenters. The lowest BCUT2D eigenvalue weighted by Crippen LogP contribution is -2.42. The van der Waals surface area contributed by atoms with Crippen molar-refractivity contribution in [2.75, 3.05) is 5.75 Å². The zero-order valence-electron chi connectivity index (χ0n) is 23.2. The highest BCUT2D eigenvalue weighted by Crippen LogP contribution is 2.39. The summed E-state index contributed by atoms with van der Waals surface area (Å²) in [6, 6.07) is 20.7. The Morgan fingerprint density at radius 1 is 0.902 bits per heavy atom. The molecule has 2 heterocycles. The van der Waals surface area contributed by atoms with Crippen LogP contribution in [0.3, 0.4) is 0 Å². The molecule has 0 saturated heterocycles. The van der Waals surface area contributed by atoms with Crippen LogP contribution in [0.15, 0.2) is 80.4 Å². The molecule has 7 nitrogen and oxygen atoms in total. The van der Waals surface area contributed by atoms with Crippen molar-refractivity contribution in [1.29, 1.82) is 0 Å². The monoisotopic (exact) mass is 569 g/mol. The number of hydrogen-bond donors (Lipinski definition) is 2. The molecule has 0 fully saturated rings. The van der Waals surface area contributed by atoms with Gasteiger partial charge in [0.1, 0.15) is 23.0 Å². The van der Waals surface area contributed by atoms with E-state index in [1.54, 1.807) is 0 Å². The van der Waals surface area contributed by atoms with Crippen molar-refractivity contribution in [2.45, 2.75) is 45.4 Å². The summed E-state index contributed by atoms with van der Waals surface area (Å²) in [6.45, 7) is 5.65. The Labute approximate surface area is 241 Å². The van der Waals surface area contributed by atoms with Gasteiger partial charge in [0.2, 0.25) is 5.91 Å². The number of benzene rings is 3. The van der Waals surface area contributed by atoms with Crippen LogP contribution in [-0.2, 0) is 21.8 Å². The number of amides is 1. The smallest absolute Gasteiger partial charge is 0.339 e. The Bertz CT molecular complexity index is 1790. The topological polar surface area (TPSA) is 110 Å². The van der Waals surface area contributed by atoms with E-state index in [1.807, 2.05) is 87.5 Å². The summed E-state index contributed by atoms with van der Waals surface area (Å²) in [5.74, 6) is 0.129. The van der Waals surface area contributed by atoms with Crippen LogP contribution in [0.2, 0.25) is 0 Å². The summed E-state index contributed by atoms with van der Waals surface area (Å²) in [7, 11) is 0. The van der Waals surface area contributed by atoms with Crippen LogP contribution in [0.1, 0.15) is 34.4 Å². The molecule has 0 aliphatic rings. The molecule has 2 aromatic heterocycles. The van der Waals surface area contributed by atoms with Crippen molar-refractivity contribution in [3.63, 3.8) is 0 Å². The van der Waals surface area contributed by atoms with E-state index >= 15 is 0 Å². The number of fused-ring (bicyclic) bond motifs is 2. The fourth-order valence-corrected chi connectivity index (χ4v) is 6.18. The number of carbonyl (C=O) groups is 2. The number of nitrogens with one attached hydrogen (secondary N) is 1. The van der Waals surface area contributed by atoms with E-state index in [2.05, 4.69) is 5.32 Å². The first-order valence-electron chi connectivity index (χ1n) is 13.4. The average molecular weight is 570 g/mol. The normalized spacial score (nSPS) is 12.1. The summed E-state index contributed by atoms with van der Waals surface area (Å²) in [6.07, 6.45) is 0.0953. The predicted molar refractivity (Wildman–Crippen MR) is 162 cm³/mol. The number of aryl methyl sites for hydroxylation is 3.